The third-order valence-electron chi connectivity index (χ3n) is 4.93. The molecule has 0 radical (unpaired) electrons. The molecule has 0 spiro atoms. The molecule has 0 saturated carbocycles. The molecular formula is C25H25NO3. The van der Waals surface area contributed by atoms with Crippen LogP contribution >= 0.6 is 0 Å². The van der Waals surface area contributed by atoms with Gasteiger partial charge in [-0.15, -0.1) is 0 Å². The Balaban J connectivity index is 1.61. The van der Waals surface area contributed by atoms with Crippen LogP contribution in [0.15, 0.2) is 78.9 Å². The Bertz CT molecular complexity index is 982. The summed E-state index contributed by atoms with van der Waals surface area (Å²) in [5.41, 5.74) is 3.16. The summed E-state index contributed by atoms with van der Waals surface area (Å²) < 4.78 is 5.23. The molecule has 1 N–H and O–H groups in total. The van der Waals surface area contributed by atoms with Gasteiger partial charge >= 0.3 is 0 Å². The van der Waals surface area contributed by atoms with Crippen LogP contribution in [0.25, 0.3) is 0 Å². The fourth-order valence-corrected chi connectivity index (χ4v) is 3.17. The largest absolute Gasteiger partial charge is 0.497 e. The Labute approximate surface area is 171 Å². The van der Waals surface area contributed by atoms with Gasteiger partial charge in [0.05, 0.1) is 13.0 Å². The van der Waals surface area contributed by atoms with Crippen LogP contribution in [0.2, 0.25) is 0 Å². The number of hydrogen-bond acceptors (Lipinski definition) is 3. The standard InChI is InChI=1S/C25H25NO3/c1-18(25(28)26-15-14-19-8-6-13-23(16-19)29-2)21-11-7-12-22(17-21)24(27)20-9-4-3-5-10-20/h3-13,16-18H,14-15H2,1-2H3,(H,26,28)/t18-/m0/s1. The van der Waals surface area contributed by atoms with E-state index in [4.69, 9.17) is 4.74 Å². The zero-order chi connectivity index (χ0) is 20.6. The average molecular weight is 387 g/mol. The fourth-order valence-electron chi connectivity index (χ4n) is 3.17. The molecule has 1 atom stereocenters. The van der Waals surface area contributed by atoms with Crippen molar-refractivity contribution in [2.24, 2.45) is 0 Å². The SMILES string of the molecule is COc1cccc(CCNC(=O)[C@@H](C)c2cccc(C(=O)c3ccccc3)c2)c1. The maximum atomic E-state index is 12.7. The second-order valence-corrected chi connectivity index (χ2v) is 6.93. The molecule has 0 aliphatic heterocycles. The van der Waals surface area contributed by atoms with Gasteiger partial charge in [0.1, 0.15) is 5.75 Å². The van der Waals surface area contributed by atoms with Gasteiger partial charge in [-0.25, -0.2) is 0 Å². The zero-order valence-corrected chi connectivity index (χ0v) is 16.7. The van der Waals surface area contributed by atoms with Gasteiger partial charge < -0.3 is 10.1 Å². The highest BCUT2D eigenvalue weighted by Crippen LogP contribution is 2.19. The van der Waals surface area contributed by atoms with Crippen molar-refractivity contribution in [1.82, 2.24) is 5.32 Å². The van der Waals surface area contributed by atoms with Gasteiger partial charge in [0.25, 0.3) is 0 Å². The monoisotopic (exact) mass is 387 g/mol. The van der Waals surface area contributed by atoms with Crippen molar-refractivity contribution in [3.8, 4) is 5.75 Å². The van der Waals surface area contributed by atoms with E-state index in [0.29, 0.717) is 17.7 Å². The van der Waals surface area contributed by atoms with Gasteiger partial charge in [-0.3, -0.25) is 9.59 Å². The fraction of sp³-hybridized carbons (Fsp3) is 0.200. The van der Waals surface area contributed by atoms with Crippen LogP contribution in [0.1, 0.15) is 39.9 Å². The van der Waals surface area contributed by atoms with Crippen LogP contribution in [-0.2, 0) is 11.2 Å². The number of rotatable bonds is 8. The van der Waals surface area contributed by atoms with Crippen LogP contribution in [0.5, 0.6) is 5.75 Å². The van der Waals surface area contributed by atoms with Crippen molar-refractivity contribution in [3.05, 3.63) is 101 Å². The lowest BCUT2D eigenvalue weighted by molar-refractivity contribution is -0.122. The number of carbonyl (C=O) groups excluding carboxylic acids is 2. The Morgan fingerprint density at radius 2 is 1.62 bits per heavy atom. The smallest absolute Gasteiger partial charge is 0.227 e. The molecule has 0 fully saturated rings. The van der Waals surface area contributed by atoms with Crippen LogP contribution in [-0.4, -0.2) is 25.3 Å². The molecule has 3 aromatic carbocycles. The second-order valence-electron chi connectivity index (χ2n) is 6.93. The lowest BCUT2D eigenvalue weighted by atomic mass is 9.95. The molecule has 1 amide bonds. The van der Waals surface area contributed by atoms with Crippen molar-refractivity contribution in [1.29, 1.82) is 0 Å². The van der Waals surface area contributed by atoms with Crippen molar-refractivity contribution in [3.63, 3.8) is 0 Å². The average Bonchev–Trinajstić information content (AvgIpc) is 2.78. The molecule has 3 aromatic rings. The summed E-state index contributed by atoms with van der Waals surface area (Å²) >= 11 is 0. The van der Waals surface area contributed by atoms with E-state index in [1.165, 1.54) is 0 Å². The minimum absolute atomic E-state index is 0.0434. The third-order valence-corrected chi connectivity index (χ3v) is 4.93. The number of ether oxygens (including phenoxy) is 1. The van der Waals surface area contributed by atoms with Crippen LogP contribution in [0.3, 0.4) is 0 Å². The van der Waals surface area contributed by atoms with Gasteiger partial charge in [-0.05, 0) is 42.7 Å². The number of ketones is 1. The van der Waals surface area contributed by atoms with Gasteiger partial charge in [0, 0.05) is 17.7 Å². The molecular weight excluding hydrogens is 362 g/mol. The van der Waals surface area contributed by atoms with E-state index in [-0.39, 0.29) is 17.6 Å². The quantitative estimate of drug-likeness (QED) is 0.583. The number of benzene rings is 3. The summed E-state index contributed by atoms with van der Waals surface area (Å²) in [5, 5.41) is 2.98. The summed E-state index contributed by atoms with van der Waals surface area (Å²) in [5.74, 6) is 0.362. The van der Waals surface area contributed by atoms with Crippen molar-refractivity contribution < 1.29 is 14.3 Å². The van der Waals surface area contributed by atoms with Crippen molar-refractivity contribution in [2.75, 3.05) is 13.7 Å². The second kappa shape index (κ2) is 9.69. The first-order valence-corrected chi connectivity index (χ1v) is 9.69. The summed E-state index contributed by atoms with van der Waals surface area (Å²) in [6.45, 7) is 2.39. The normalized spacial score (nSPS) is 11.5. The molecule has 4 heteroatoms. The molecule has 148 valence electrons. The van der Waals surface area contributed by atoms with Crippen LogP contribution < -0.4 is 10.1 Å². The first-order chi connectivity index (χ1) is 14.1. The number of hydrogen-bond donors (Lipinski definition) is 1. The Morgan fingerprint density at radius 1 is 0.897 bits per heavy atom. The van der Waals surface area contributed by atoms with E-state index in [2.05, 4.69) is 5.32 Å². The minimum atomic E-state index is -0.344. The highest BCUT2D eigenvalue weighted by Gasteiger charge is 2.17. The van der Waals surface area contributed by atoms with E-state index >= 15 is 0 Å². The molecule has 4 nitrogen and oxygen atoms in total. The summed E-state index contributed by atoms with van der Waals surface area (Å²) in [6, 6.07) is 24.3. The minimum Gasteiger partial charge on any atom is -0.497 e. The molecule has 0 heterocycles. The molecule has 0 bridgehead atoms. The summed E-state index contributed by atoms with van der Waals surface area (Å²) in [4.78, 5) is 25.2. The Morgan fingerprint density at radius 3 is 2.38 bits per heavy atom. The molecule has 0 aliphatic carbocycles. The van der Waals surface area contributed by atoms with Gasteiger partial charge in [-0.1, -0.05) is 60.7 Å². The molecule has 0 aliphatic rings. The number of amides is 1. The Hall–Kier alpha value is -3.40. The van der Waals surface area contributed by atoms with E-state index in [0.717, 1.165) is 23.3 Å². The number of nitrogens with one attached hydrogen (secondary N) is 1. The maximum Gasteiger partial charge on any atom is 0.227 e. The van der Waals surface area contributed by atoms with E-state index in [1.807, 2.05) is 67.6 Å². The van der Waals surface area contributed by atoms with Gasteiger partial charge in [-0.2, -0.15) is 0 Å². The molecule has 0 aromatic heterocycles. The molecule has 0 unspecified atom stereocenters. The van der Waals surface area contributed by atoms with E-state index in [9.17, 15) is 9.59 Å². The van der Waals surface area contributed by atoms with Crippen LogP contribution in [0.4, 0.5) is 0 Å². The lowest BCUT2D eigenvalue weighted by Crippen LogP contribution is -2.29. The Kier molecular flexibility index (Phi) is 6.80. The first-order valence-electron chi connectivity index (χ1n) is 9.69. The highest BCUT2D eigenvalue weighted by molar-refractivity contribution is 6.09. The number of carbonyl (C=O) groups is 2. The van der Waals surface area contributed by atoms with Gasteiger partial charge in [0.15, 0.2) is 5.78 Å². The summed E-state index contributed by atoms with van der Waals surface area (Å²) in [6.07, 6.45) is 0.724. The van der Waals surface area contributed by atoms with E-state index in [1.54, 1.807) is 25.3 Å². The zero-order valence-electron chi connectivity index (χ0n) is 16.7. The van der Waals surface area contributed by atoms with Crippen molar-refractivity contribution >= 4 is 11.7 Å². The molecule has 29 heavy (non-hydrogen) atoms. The van der Waals surface area contributed by atoms with Gasteiger partial charge in [0.2, 0.25) is 5.91 Å². The molecule has 3 rings (SSSR count). The predicted molar refractivity (Wildman–Crippen MR) is 114 cm³/mol. The lowest BCUT2D eigenvalue weighted by Gasteiger charge is -2.14. The van der Waals surface area contributed by atoms with Crippen LogP contribution in [0, 0.1) is 0 Å². The highest BCUT2D eigenvalue weighted by atomic mass is 16.5. The predicted octanol–water partition coefficient (Wildman–Crippen LogP) is 4.39. The van der Waals surface area contributed by atoms with Crippen molar-refractivity contribution in [2.45, 2.75) is 19.3 Å². The van der Waals surface area contributed by atoms with E-state index < -0.39 is 0 Å². The molecule has 0 saturated heterocycles. The first kappa shape index (κ1) is 20.3. The third kappa shape index (κ3) is 5.32. The topological polar surface area (TPSA) is 55.4 Å². The maximum absolute atomic E-state index is 12.7. The summed E-state index contributed by atoms with van der Waals surface area (Å²) in [7, 11) is 1.64. The number of methoxy groups -OCH3 is 1.